The molecule has 0 atom stereocenters. The second kappa shape index (κ2) is 12.4. The Labute approximate surface area is 232 Å². The van der Waals surface area contributed by atoms with Gasteiger partial charge >= 0.3 is 6.09 Å². The zero-order valence-corrected chi connectivity index (χ0v) is 22.9. The Bertz CT molecular complexity index is 1420. The molecule has 0 unspecified atom stereocenters. The molecule has 1 N–H and O–H groups in total. The van der Waals surface area contributed by atoms with Crippen LogP contribution < -0.4 is 14.8 Å². The van der Waals surface area contributed by atoms with Crippen molar-refractivity contribution in [1.29, 1.82) is 0 Å². The monoisotopic (exact) mass is 549 g/mol. The van der Waals surface area contributed by atoms with Crippen LogP contribution in [0.4, 0.5) is 4.79 Å². The zero-order valence-electron chi connectivity index (χ0n) is 22.1. The van der Waals surface area contributed by atoms with Crippen molar-refractivity contribution in [3.8, 4) is 23.0 Å². The summed E-state index contributed by atoms with van der Waals surface area (Å²) in [5.41, 5.74) is 3.48. The van der Waals surface area contributed by atoms with Gasteiger partial charge in [-0.15, -0.1) is 0 Å². The van der Waals surface area contributed by atoms with E-state index in [1.54, 1.807) is 17.2 Å². The Morgan fingerprint density at radius 2 is 1.87 bits per heavy atom. The van der Waals surface area contributed by atoms with Crippen LogP contribution in [0, 0.1) is 0 Å². The summed E-state index contributed by atoms with van der Waals surface area (Å²) in [5, 5.41) is 3.71. The minimum absolute atomic E-state index is 0.0398. The Morgan fingerprint density at radius 3 is 2.62 bits per heavy atom. The summed E-state index contributed by atoms with van der Waals surface area (Å²) in [4.78, 5) is 23.2. The van der Waals surface area contributed by atoms with Gasteiger partial charge in [-0.1, -0.05) is 41.9 Å². The number of halogens is 1. The SMILES string of the molecule is CC(C)Oc1nccc2c1nc(-c1ccc(OCCOC(=O)N3CCNCC3)cc1Cl)n2Cc1ccccc1. The lowest BCUT2D eigenvalue weighted by atomic mass is 10.2. The first-order chi connectivity index (χ1) is 19.0. The number of nitrogens with zero attached hydrogens (tertiary/aromatic N) is 4. The van der Waals surface area contributed by atoms with Crippen LogP contribution in [0.1, 0.15) is 19.4 Å². The highest BCUT2D eigenvalue weighted by Gasteiger charge is 2.20. The van der Waals surface area contributed by atoms with E-state index in [0.29, 0.717) is 47.6 Å². The number of rotatable bonds is 9. The number of piperazine rings is 1. The molecule has 39 heavy (non-hydrogen) atoms. The smallest absolute Gasteiger partial charge is 0.409 e. The van der Waals surface area contributed by atoms with Crippen LogP contribution >= 0.6 is 11.6 Å². The first-order valence-electron chi connectivity index (χ1n) is 13.1. The summed E-state index contributed by atoms with van der Waals surface area (Å²) in [6.07, 6.45) is 1.38. The molecule has 1 aliphatic rings. The number of ether oxygens (including phenoxy) is 3. The van der Waals surface area contributed by atoms with Gasteiger partial charge in [0, 0.05) is 44.5 Å². The fraction of sp³-hybridized carbons (Fsp3) is 0.345. The molecule has 2 aromatic carbocycles. The van der Waals surface area contributed by atoms with Crippen LogP contribution in [0.2, 0.25) is 5.02 Å². The lowest BCUT2D eigenvalue weighted by Gasteiger charge is -2.26. The van der Waals surface area contributed by atoms with E-state index in [-0.39, 0.29) is 25.4 Å². The number of amides is 1. The Morgan fingerprint density at radius 1 is 1.08 bits per heavy atom. The summed E-state index contributed by atoms with van der Waals surface area (Å²) < 4.78 is 19.2. The van der Waals surface area contributed by atoms with Crippen LogP contribution in [-0.2, 0) is 11.3 Å². The number of hydrogen-bond donors (Lipinski definition) is 1. The lowest BCUT2D eigenvalue weighted by molar-refractivity contribution is 0.0844. The van der Waals surface area contributed by atoms with E-state index in [1.165, 1.54) is 0 Å². The molecule has 0 spiro atoms. The highest BCUT2D eigenvalue weighted by atomic mass is 35.5. The lowest BCUT2D eigenvalue weighted by Crippen LogP contribution is -2.46. The van der Waals surface area contributed by atoms with Gasteiger partial charge in [-0.25, -0.2) is 14.8 Å². The van der Waals surface area contributed by atoms with Gasteiger partial charge < -0.3 is 29.0 Å². The number of hydrogen-bond acceptors (Lipinski definition) is 7. The minimum atomic E-state index is -0.318. The molecular formula is C29H32ClN5O4. The van der Waals surface area contributed by atoms with Crippen molar-refractivity contribution in [2.45, 2.75) is 26.5 Å². The molecule has 4 aromatic rings. The summed E-state index contributed by atoms with van der Waals surface area (Å²) in [7, 11) is 0. The molecule has 2 aromatic heterocycles. The van der Waals surface area contributed by atoms with Gasteiger partial charge in [-0.2, -0.15) is 0 Å². The van der Waals surface area contributed by atoms with Gasteiger partial charge in [0.05, 0.1) is 16.6 Å². The fourth-order valence-corrected chi connectivity index (χ4v) is 4.72. The van der Waals surface area contributed by atoms with Gasteiger partial charge in [-0.05, 0) is 43.7 Å². The highest BCUT2D eigenvalue weighted by Crippen LogP contribution is 2.35. The van der Waals surface area contributed by atoms with Crippen LogP contribution in [0.5, 0.6) is 11.6 Å². The number of pyridine rings is 1. The second-order valence-corrected chi connectivity index (χ2v) is 9.91. The number of nitrogens with one attached hydrogen (secondary N) is 1. The van der Waals surface area contributed by atoms with Crippen molar-refractivity contribution in [2.24, 2.45) is 0 Å². The van der Waals surface area contributed by atoms with E-state index in [0.717, 1.165) is 29.7 Å². The van der Waals surface area contributed by atoms with Gasteiger partial charge in [0.1, 0.15) is 24.8 Å². The fourth-order valence-electron chi connectivity index (χ4n) is 4.46. The Kier molecular flexibility index (Phi) is 8.48. The number of carbonyl (C=O) groups excluding carboxylic acids is 1. The number of fused-ring (bicyclic) bond motifs is 1. The Hall–Kier alpha value is -3.82. The summed E-state index contributed by atoms with van der Waals surface area (Å²) in [5.74, 6) is 1.78. The van der Waals surface area contributed by atoms with E-state index in [2.05, 4.69) is 27.0 Å². The third-order valence-electron chi connectivity index (χ3n) is 6.30. The van der Waals surface area contributed by atoms with E-state index >= 15 is 0 Å². The highest BCUT2D eigenvalue weighted by molar-refractivity contribution is 6.33. The van der Waals surface area contributed by atoms with Crippen LogP contribution in [-0.4, -0.2) is 71.0 Å². The first kappa shape index (κ1) is 26.8. The third-order valence-corrected chi connectivity index (χ3v) is 6.61. The quantitative estimate of drug-likeness (QED) is 0.293. The molecule has 3 heterocycles. The normalized spacial score (nSPS) is 13.6. The van der Waals surface area contributed by atoms with Crippen molar-refractivity contribution in [2.75, 3.05) is 39.4 Å². The van der Waals surface area contributed by atoms with Crippen molar-refractivity contribution < 1.29 is 19.0 Å². The molecule has 204 valence electrons. The predicted octanol–water partition coefficient (Wildman–Crippen LogP) is 5.01. The molecule has 0 aliphatic carbocycles. The number of aromatic nitrogens is 3. The molecule has 1 aliphatic heterocycles. The maximum atomic E-state index is 12.2. The molecular weight excluding hydrogens is 518 g/mol. The molecule has 10 heteroatoms. The molecule has 1 saturated heterocycles. The van der Waals surface area contributed by atoms with Crippen LogP contribution in [0.3, 0.4) is 0 Å². The maximum Gasteiger partial charge on any atom is 0.409 e. The number of carbonyl (C=O) groups is 1. The first-order valence-corrected chi connectivity index (χ1v) is 13.5. The largest absolute Gasteiger partial charge is 0.490 e. The molecule has 0 radical (unpaired) electrons. The van der Waals surface area contributed by atoms with Crippen LogP contribution in [0.15, 0.2) is 60.8 Å². The topological polar surface area (TPSA) is 90.7 Å². The molecule has 0 bridgehead atoms. The number of imidazole rings is 1. The molecule has 9 nitrogen and oxygen atoms in total. The van der Waals surface area contributed by atoms with Crippen molar-refractivity contribution in [3.63, 3.8) is 0 Å². The summed E-state index contributed by atoms with van der Waals surface area (Å²) in [6, 6.07) is 17.6. The second-order valence-electron chi connectivity index (χ2n) is 9.50. The Balaban J connectivity index is 1.36. The van der Waals surface area contributed by atoms with Crippen molar-refractivity contribution in [3.05, 3.63) is 71.4 Å². The van der Waals surface area contributed by atoms with E-state index in [9.17, 15) is 4.79 Å². The molecule has 1 amide bonds. The average molecular weight is 550 g/mol. The third kappa shape index (κ3) is 6.43. The van der Waals surface area contributed by atoms with Crippen molar-refractivity contribution >= 4 is 28.7 Å². The average Bonchev–Trinajstić information content (AvgIpc) is 3.30. The number of benzene rings is 2. The molecule has 5 rings (SSSR count). The standard InChI is InChI=1S/C29H32ClN5O4/c1-20(2)39-28-26-25(10-11-32-28)35(19-21-6-4-3-5-7-21)27(33-26)23-9-8-22(18-24(23)30)37-16-17-38-29(36)34-14-12-31-13-15-34/h3-11,18,20,31H,12-17,19H2,1-2H3. The minimum Gasteiger partial charge on any atom is -0.490 e. The zero-order chi connectivity index (χ0) is 27.2. The molecule has 0 saturated carbocycles. The van der Waals surface area contributed by atoms with Gasteiger partial charge in [-0.3, -0.25) is 0 Å². The van der Waals surface area contributed by atoms with E-state index < -0.39 is 0 Å². The van der Waals surface area contributed by atoms with Gasteiger partial charge in [0.2, 0.25) is 5.88 Å². The summed E-state index contributed by atoms with van der Waals surface area (Å²) >= 11 is 6.78. The summed E-state index contributed by atoms with van der Waals surface area (Å²) in [6.45, 7) is 7.75. The molecule has 1 fully saturated rings. The maximum absolute atomic E-state index is 12.2. The van der Waals surface area contributed by atoms with E-state index in [4.69, 9.17) is 30.8 Å². The van der Waals surface area contributed by atoms with Gasteiger partial charge in [0.25, 0.3) is 0 Å². The predicted molar refractivity (Wildman–Crippen MR) is 151 cm³/mol. The van der Waals surface area contributed by atoms with E-state index in [1.807, 2.05) is 50.2 Å². The van der Waals surface area contributed by atoms with Gasteiger partial charge in [0.15, 0.2) is 5.52 Å². The van der Waals surface area contributed by atoms with Crippen LogP contribution in [0.25, 0.3) is 22.4 Å². The van der Waals surface area contributed by atoms with Crippen molar-refractivity contribution in [1.82, 2.24) is 24.8 Å².